The molecule has 1 aromatic carbocycles. The Morgan fingerprint density at radius 2 is 2.27 bits per heavy atom. The SMILES string of the molecule is Sc1c(Cl)ccc2ncoc12. The molecule has 0 fully saturated rings. The molecule has 0 bridgehead atoms. The van der Waals surface area contributed by atoms with Gasteiger partial charge in [0, 0.05) is 0 Å². The largest absolute Gasteiger partial charge is 0.442 e. The zero-order chi connectivity index (χ0) is 7.84. The lowest BCUT2D eigenvalue weighted by molar-refractivity contribution is 0.596. The molecule has 11 heavy (non-hydrogen) atoms. The number of hydrogen-bond acceptors (Lipinski definition) is 3. The van der Waals surface area contributed by atoms with Crippen LogP contribution in [0.4, 0.5) is 0 Å². The van der Waals surface area contributed by atoms with Crippen molar-refractivity contribution >= 4 is 35.3 Å². The predicted molar refractivity (Wildman–Crippen MR) is 46.3 cm³/mol. The highest BCUT2D eigenvalue weighted by atomic mass is 35.5. The maximum atomic E-state index is 5.78. The monoisotopic (exact) mass is 185 g/mol. The lowest BCUT2D eigenvalue weighted by atomic mass is 10.3. The molecule has 0 saturated heterocycles. The fourth-order valence-electron chi connectivity index (χ4n) is 0.890. The fourth-order valence-corrected chi connectivity index (χ4v) is 1.28. The number of rotatable bonds is 0. The molecule has 1 heterocycles. The number of halogens is 1. The maximum absolute atomic E-state index is 5.78. The van der Waals surface area contributed by atoms with Crippen molar-refractivity contribution in [2.75, 3.05) is 0 Å². The van der Waals surface area contributed by atoms with Crippen molar-refractivity contribution in [3.63, 3.8) is 0 Å². The van der Waals surface area contributed by atoms with Crippen LogP contribution in [-0.2, 0) is 0 Å². The predicted octanol–water partition coefficient (Wildman–Crippen LogP) is 2.77. The highest BCUT2D eigenvalue weighted by Gasteiger charge is 2.05. The second-order valence-electron chi connectivity index (χ2n) is 2.10. The Hall–Kier alpha value is -0.670. The van der Waals surface area contributed by atoms with Crippen LogP contribution < -0.4 is 0 Å². The van der Waals surface area contributed by atoms with Crippen molar-refractivity contribution in [1.29, 1.82) is 0 Å². The van der Waals surface area contributed by atoms with Crippen molar-refractivity contribution in [2.24, 2.45) is 0 Å². The van der Waals surface area contributed by atoms with Crippen LogP contribution in [0, 0.1) is 0 Å². The van der Waals surface area contributed by atoms with Gasteiger partial charge in [0.1, 0.15) is 5.52 Å². The van der Waals surface area contributed by atoms with Gasteiger partial charge in [-0.3, -0.25) is 0 Å². The van der Waals surface area contributed by atoms with E-state index in [1.807, 2.05) is 0 Å². The summed E-state index contributed by atoms with van der Waals surface area (Å²) in [4.78, 5) is 4.59. The number of thiol groups is 1. The summed E-state index contributed by atoms with van der Waals surface area (Å²) in [5.41, 5.74) is 1.42. The second-order valence-corrected chi connectivity index (χ2v) is 2.95. The van der Waals surface area contributed by atoms with Crippen molar-refractivity contribution in [3.05, 3.63) is 23.5 Å². The maximum Gasteiger partial charge on any atom is 0.182 e. The molecule has 2 rings (SSSR count). The second kappa shape index (κ2) is 2.43. The van der Waals surface area contributed by atoms with E-state index < -0.39 is 0 Å². The van der Waals surface area contributed by atoms with Gasteiger partial charge in [-0.15, -0.1) is 12.6 Å². The molecular formula is C7H4ClNOS. The number of hydrogen-bond donors (Lipinski definition) is 1. The molecule has 1 aromatic heterocycles. The summed E-state index contributed by atoms with van der Waals surface area (Å²) in [6, 6.07) is 3.54. The minimum Gasteiger partial charge on any atom is -0.442 e. The average molecular weight is 186 g/mol. The molecule has 0 unspecified atom stereocenters. The molecule has 4 heteroatoms. The van der Waals surface area contributed by atoms with Crippen molar-refractivity contribution < 1.29 is 4.42 Å². The Balaban J connectivity index is 2.93. The summed E-state index contributed by atoms with van der Waals surface area (Å²) >= 11 is 9.94. The van der Waals surface area contributed by atoms with Crippen LogP contribution >= 0.6 is 24.2 Å². The fraction of sp³-hybridized carbons (Fsp3) is 0. The number of aromatic nitrogens is 1. The van der Waals surface area contributed by atoms with E-state index in [0.29, 0.717) is 15.5 Å². The van der Waals surface area contributed by atoms with Gasteiger partial charge in [-0.2, -0.15) is 0 Å². The average Bonchev–Trinajstić information content (AvgIpc) is 2.45. The van der Waals surface area contributed by atoms with Gasteiger partial charge in [0.25, 0.3) is 0 Å². The van der Waals surface area contributed by atoms with Gasteiger partial charge in [-0.1, -0.05) is 11.6 Å². The number of nitrogens with zero attached hydrogens (tertiary/aromatic N) is 1. The molecule has 0 aliphatic rings. The molecule has 2 nitrogen and oxygen atoms in total. The lowest BCUT2D eigenvalue weighted by Crippen LogP contribution is -1.71. The van der Waals surface area contributed by atoms with Gasteiger partial charge >= 0.3 is 0 Å². The Morgan fingerprint density at radius 3 is 3.09 bits per heavy atom. The molecule has 0 spiro atoms. The van der Waals surface area contributed by atoms with E-state index in [2.05, 4.69) is 17.6 Å². The van der Waals surface area contributed by atoms with E-state index in [9.17, 15) is 0 Å². The first-order valence-corrected chi connectivity index (χ1v) is 3.82. The molecule has 0 N–H and O–H groups in total. The van der Waals surface area contributed by atoms with Crippen LogP contribution in [0.3, 0.4) is 0 Å². The molecule has 0 aliphatic carbocycles. The molecule has 2 aromatic rings. The first-order valence-electron chi connectivity index (χ1n) is 2.99. The van der Waals surface area contributed by atoms with Crippen LogP contribution in [-0.4, -0.2) is 4.98 Å². The van der Waals surface area contributed by atoms with E-state index >= 15 is 0 Å². The van der Waals surface area contributed by atoms with Gasteiger partial charge in [0.05, 0.1) is 9.92 Å². The third-order valence-electron chi connectivity index (χ3n) is 1.42. The number of fused-ring (bicyclic) bond motifs is 1. The molecule has 56 valence electrons. The third kappa shape index (κ3) is 1.01. The Labute approximate surface area is 73.6 Å². The minimum atomic E-state index is 0.581. The number of benzene rings is 1. The summed E-state index contributed by atoms with van der Waals surface area (Å²) in [7, 11) is 0. The molecule has 0 saturated carbocycles. The summed E-state index contributed by atoms with van der Waals surface area (Å²) < 4.78 is 5.06. The van der Waals surface area contributed by atoms with Crippen LogP contribution in [0.15, 0.2) is 27.8 Å². The Morgan fingerprint density at radius 1 is 1.45 bits per heavy atom. The van der Waals surface area contributed by atoms with Crippen LogP contribution in [0.25, 0.3) is 11.1 Å². The molecule has 0 radical (unpaired) electrons. The van der Waals surface area contributed by atoms with Crippen molar-refractivity contribution in [2.45, 2.75) is 4.90 Å². The van der Waals surface area contributed by atoms with Gasteiger partial charge in [-0.25, -0.2) is 4.98 Å². The lowest BCUT2D eigenvalue weighted by Gasteiger charge is -1.93. The van der Waals surface area contributed by atoms with E-state index in [0.717, 1.165) is 5.52 Å². The molecule has 0 atom stereocenters. The first kappa shape index (κ1) is 7.00. The van der Waals surface area contributed by atoms with Crippen LogP contribution in [0.5, 0.6) is 0 Å². The summed E-state index contributed by atoms with van der Waals surface area (Å²) in [6.45, 7) is 0. The Bertz CT molecular complexity index is 398. The van der Waals surface area contributed by atoms with E-state index in [4.69, 9.17) is 16.0 Å². The third-order valence-corrected chi connectivity index (χ3v) is 2.31. The zero-order valence-corrected chi connectivity index (χ0v) is 7.06. The molecular weight excluding hydrogens is 182 g/mol. The van der Waals surface area contributed by atoms with E-state index in [-0.39, 0.29) is 0 Å². The normalized spacial score (nSPS) is 10.7. The summed E-state index contributed by atoms with van der Waals surface area (Å²) in [6.07, 6.45) is 1.38. The zero-order valence-electron chi connectivity index (χ0n) is 5.41. The first-order chi connectivity index (χ1) is 5.29. The topological polar surface area (TPSA) is 26.0 Å². The summed E-state index contributed by atoms with van der Waals surface area (Å²) in [5, 5.41) is 0.581. The quantitative estimate of drug-likeness (QED) is 0.639. The van der Waals surface area contributed by atoms with Crippen molar-refractivity contribution in [1.82, 2.24) is 4.98 Å². The molecule has 0 amide bonds. The standard InChI is InChI=1S/C7H4ClNOS/c8-4-1-2-5-6(7(4)11)10-3-9-5/h1-3,11H. The van der Waals surface area contributed by atoms with Crippen molar-refractivity contribution in [3.8, 4) is 0 Å². The van der Waals surface area contributed by atoms with Crippen LogP contribution in [0.1, 0.15) is 0 Å². The van der Waals surface area contributed by atoms with Gasteiger partial charge in [-0.05, 0) is 12.1 Å². The van der Waals surface area contributed by atoms with E-state index in [1.165, 1.54) is 6.39 Å². The number of oxazole rings is 1. The smallest absolute Gasteiger partial charge is 0.182 e. The van der Waals surface area contributed by atoms with E-state index in [1.54, 1.807) is 12.1 Å². The van der Waals surface area contributed by atoms with Gasteiger partial charge < -0.3 is 4.42 Å². The highest BCUT2D eigenvalue weighted by Crippen LogP contribution is 2.28. The van der Waals surface area contributed by atoms with Gasteiger partial charge in [0.15, 0.2) is 12.0 Å². The molecule has 0 aliphatic heterocycles. The van der Waals surface area contributed by atoms with Gasteiger partial charge in [0.2, 0.25) is 0 Å². The highest BCUT2D eigenvalue weighted by molar-refractivity contribution is 7.80. The minimum absolute atomic E-state index is 0.581. The van der Waals surface area contributed by atoms with Crippen LogP contribution in [0.2, 0.25) is 5.02 Å². The Kier molecular flexibility index (Phi) is 1.55. The summed E-state index contributed by atoms with van der Waals surface area (Å²) in [5.74, 6) is 0.